The van der Waals surface area contributed by atoms with E-state index in [1.165, 1.54) is 0 Å². The van der Waals surface area contributed by atoms with Gasteiger partial charge in [-0.15, -0.1) is 0 Å². The van der Waals surface area contributed by atoms with Crippen molar-refractivity contribution in [3.63, 3.8) is 0 Å². The van der Waals surface area contributed by atoms with E-state index in [1.807, 2.05) is 6.92 Å². The van der Waals surface area contributed by atoms with Crippen LogP contribution in [-0.2, 0) is 24.8 Å². The van der Waals surface area contributed by atoms with Gasteiger partial charge < -0.3 is 14.2 Å². The molecule has 1 aromatic rings. The van der Waals surface area contributed by atoms with E-state index in [1.54, 1.807) is 32.2 Å². The molecule has 5 heteroatoms. The van der Waals surface area contributed by atoms with Crippen LogP contribution in [-0.4, -0.2) is 19.0 Å². The van der Waals surface area contributed by atoms with Gasteiger partial charge in [0.25, 0.3) is 5.79 Å². The molecule has 1 heterocycles. The Morgan fingerprint density at radius 2 is 1.83 bits per heavy atom. The summed E-state index contributed by atoms with van der Waals surface area (Å²) in [6.45, 7) is 3.39. The highest BCUT2D eigenvalue weighted by atomic mass is 16.7. The summed E-state index contributed by atoms with van der Waals surface area (Å²) in [5, 5.41) is 0. The third-order valence-corrected chi connectivity index (χ3v) is 2.83. The summed E-state index contributed by atoms with van der Waals surface area (Å²) in [5.41, 5.74) is 1.45. The number of carbonyl (C=O) groups is 2. The highest BCUT2D eigenvalue weighted by Gasteiger charge is 2.41. The fourth-order valence-electron chi connectivity index (χ4n) is 2.03. The Kier molecular flexibility index (Phi) is 2.98. The largest absolute Gasteiger partial charge is 0.497 e. The van der Waals surface area contributed by atoms with E-state index in [2.05, 4.69) is 0 Å². The van der Waals surface area contributed by atoms with Crippen LogP contribution in [0.3, 0.4) is 0 Å². The van der Waals surface area contributed by atoms with Gasteiger partial charge in [-0.2, -0.15) is 0 Å². The lowest BCUT2D eigenvalue weighted by Gasteiger charge is -2.33. The maximum Gasteiger partial charge on any atom is 0.320 e. The molecule has 0 saturated carbocycles. The van der Waals surface area contributed by atoms with Crippen LogP contribution in [0.4, 0.5) is 0 Å². The summed E-state index contributed by atoms with van der Waals surface area (Å²) in [4.78, 5) is 22.7. The smallest absolute Gasteiger partial charge is 0.320 e. The molecule has 0 aliphatic carbocycles. The van der Waals surface area contributed by atoms with Crippen molar-refractivity contribution in [3.05, 3.63) is 29.3 Å². The first-order valence-electron chi connectivity index (χ1n) is 5.53. The van der Waals surface area contributed by atoms with Crippen molar-refractivity contribution in [2.45, 2.75) is 26.1 Å². The highest BCUT2D eigenvalue weighted by molar-refractivity contribution is 5.93. The van der Waals surface area contributed by atoms with Crippen LogP contribution in [0.1, 0.15) is 24.5 Å². The van der Waals surface area contributed by atoms with Crippen LogP contribution in [0.5, 0.6) is 5.75 Å². The molecule has 0 bridgehead atoms. The quantitative estimate of drug-likeness (QED) is 0.590. The van der Waals surface area contributed by atoms with Crippen LogP contribution < -0.4 is 4.74 Å². The molecule has 1 aromatic carbocycles. The number of carbonyl (C=O) groups excluding carboxylic acids is 2. The third-order valence-electron chi connectivity index (χ3n) is 2.83. The lowest BCUT2D eigenvalue weighted by Crippen LogP contribution is -2.40. The van der Waals surface area contributed by atoms with Crippen molar-refractivity contribution in [1.82, 2.24) is 0 Å². The standard InChI is InChI=1S/C13H14O5/c1-8-6-9(16-3)4-5-10(8)13(2)17-11(14)7-12(15)18-13/h4-6H,7H2,1-3H3. The fraction of sp³-hybridized carbons (Fsp3) is 0.385. The second-order valence-electron chi connectivity index (χ2n) is 4.25. The molecule has 0 unspecified atom stereocenters. The lowest BCUT2D eigenvalue weighted by molar-refractivity contribution is -0.242. The molecule has 96 valence electrons. The Morgan fingerprint density at radius 1 is 1.22 bits per heavy atom. The molecule has 1 aliphatic rings. The molecule has 0 N–H and O–H groups in total. The molecule has 18 heavy (non-hydrogen) atoms. The average Bonchev–Trinajstić information content (AvgIpc) is 2.26. The normalized spacial score (nSPS) is 17.9. The number of methoxy groups -OCH3 is 1. The minimum Gasteiger partial charge on any atom is -0.497 e. The molecule has 0 atom stereocenters. The lowest BCUT2D eigenvalue weighted by atomic mass is 10.0. The van der Waals surface area contributed by atoms with Crippen LogP contribution in [0.2, 0.25) is 0 Å². The van der Waals surface area contributed by atoms with Gasteiger partial charge >= 0.3 is 11.9 Å². The van der Waals surface area contributed by atoms with Gasteiger partial charge in [0.05, 0.1) is 7.11 Å². The van der Waals surface area contributed by atoms with E-state index in [-0.39, 0.29) is 6.42 Å². The van der Waals surface area contributed by atoms with E-state index in [0.717, 1.165) is 5.56 Å². The molecule has 2 rings (SSSR count). The van der Waals surface area contributed by atoms with Crippen molar-refractivity contribution in [1.29, 1.82) is 0 Å². The number of aryl methyl sites for hydroxylation is 1. The van der Waals surface area contributed by atoms with Gasteiger partial charge in [0.15, 0.2) is 0 Å². The van der Waals surface area contributed by atoms with E-state index < -0.39 is 17.7 Å². The highest BCUT2D eigenvalue weighted by Crippen LogP contribution is 2.34. The van der Waals surface area contributed by atoms with Crippen molar-refractivity contribution in [2.24, 2.45) is 0 Å². The van der Waals surface area contributed by atoms with Crippen molar-refractivity contribution in [3.8, 4) is 5.75 Å². The maximum atomic E-state index is 11.3. The number of hydrogen-bond acceptors (Lipinski definition) is 5. The Labute approximate surface area is 105 Å². The number of benzene rings is 1. The van der Waals surface area contributed by atoms with Gasteiger partial charge in [0, 0.05) is 12.5 Å². The first-order chi connectivity index (χ1) is 8.44. The number of cyclic esters (lactones) is 2. The summed E-state index contributed by atoms with van der Waals surface area (Å²) >= 11 is 0. The second kappa shape index (κ2) is 4.33. The zero-order valence-corrected chi connectivity index (χ0v) is 10.5. The Hall–Kier alpha value is -2.04. The van der Waals surface area contributed by atoms with Gasteiger partial charge in [-0.3, -0.25) is 9.59 Å². The van der Waals surface area contributed by atoms with Crippen molar-refractivity contribution >= 4 is 11.9 Å². The summed E-state index contributed by atoms with van der Waals surface area (Å²) in [7, 11) is 1.57. The zero-order valence-electron chi connectivity index (χ0n) is 10.5. The van der Waals surface area contributed by atoms with E-state index in [9.17, 15) is 9.59 Å². The molecule has 0 spiro atoms. The van der Waals surface area contributed by atoms with Gasteiger partial charge in [-0.05, 0) is 30.7 Å². The molecule has 0 radical (unpaired) electrons. The third kappa shape index (κ3) is 2.16. The predicted octanol–water partition coefficient (Wildman–Crippen LogP) is 1.67. The number of ether oxygens (including phenoxy) is 3. The first kappa shape index (κ1) is 12.4. The van der Waals surface area contributed by atoms with Crippen LogP contribution in [0.25, 0.3) is 0 Å². The Morgan fingerprint density at radius 3 is 2.33 bits per heavy atom. The van der Waals surface area contributed by atoms with Crippen molar-refractivity contribution < 1.29 is 23.8 Å². The second-order valence-corrected chi connectivity index (χ2v) is 4.25. The predicted molar refractivity (Wildman–Crippen MR) is 61.9 cm³/mol. The molecule has 5 nitrogen and oxygen atoms in total. The van der Waals surface area contributed by atoms with Gasteiger partial charge in [-0.1, -0.05) is 0 Å². The van der Waals surface area contributed by atoms with Crippen LogP contribution in [0, 0.1) is 6.92 Å². The zero-order chi connectivity index (χ0) is 13.3. The number of rotatable bonds is 2. The monoisotopic (exact) mass is 250 g/mol. The molecule has 0 amide bonds. The van der Waals surface area contributed by atoms with Crippen LogP contribution in [0.15, 0.2) is 18.2 Å². The summed E-state index contributed by atoms with van der Waals surface area (Å²) in [6, 6.07) is 5.24. The van der Waals surface area contributed by atoms with E-state index in [4.69, 9.17) is 14.2 Å². The molecule has 1 fully saturated rings. The number of esters is 2. The summed E-state index contributed by atoms with van der Waals surface area (Å²) in [5.74, 6) is -1.83. The molecular formula is C13H14O5. The van der Waals surface area contributed by atoms with Gasteiger partial charge in [-0.25, -0.2) is 0 Å². The first-order valence-corrected chi connectivity index (χ1v) is 5.53. The molecule has 1 aliphatic heterocycles. The summed E-state index contributed by atoms with van der Waals surface area (Å²) < 4.78 is 15.4. The van der Waals surface area contributed by atoms with Gasteiger partial charge in [0.1, 0.15) is 12.2 Å². The molecule has 1 saturated heterocycles. The van der Waals surface area contributed by atoms with E-state index in [0.29, 0.717) is 11.3 Å². The maximum absolute atomic E-state index is 11.3. The fourth-order valence-corrected chi connectivity index (χ4v) is 2.03. The SMILES string of the molecule is COc1ccc(C2(C)OC(=O)CC(=O)O2)c(C)c1. The van der Waals surface area contributed by atoms with Crippen LogP contribution >= 0.6 is 0 Å². The topological polar surface area (TPSA) is 61.8 Å². The Bertz CT molecular complexity index is 490. The Balaban J connectivity index is 2.40. The van der Waals surface area contributed by atoms with Crippen molar-refractivity contribution in [2.75, 3.05) is 7.11 Å². The molecule has 0 aromatic heterocycles. The van der Waals surface area contributed by atoms with Gasteiger partial charge in [0.2, 0.25) is 0 Å². The minimum absolute atomic E-state index is 0.342. The van der Waals surface area contributed by atoms with E-state index >= 15 is 0 Å². The minimum atomic E-state index is -1.36. The number of hydrogen-bond donors (Lipinski definition) is 0. The average molecular weight is 250 g/mol. The summed E-state index contributed by atoms with van der Waals surface area (Å²) in [6.07, 6.45) is -0.342. The molecular weight excluding hydrogens is 236 g/mol.